The van der Waals surface area contributed by atoms with Gasteiger partial charge in [-0.3, -0.25) is 0 Å². The van der Waals surface area contributed by atoms with Crippen molar-refractivity contribution in [1.29, 1.82) is 0 Å². The average molecular weight is 187 g/mol. The van der Waals surface area contributed by atoms with E-state index in [1.165, 1.54) is 25.7 Å². The van der Waals surface area contributed by atoms with Crippen LogP contribution in [0.4, 0.5) is 0 Å². The van der Waals surface area contributed by atoms with E-state index >= 15 is 0 Å². The van der Waals surface area contributed by atoms with E-state index in [0.29, 0.717) is 13.0 Å². The summed E-state index contributed by atoms with van der Waals surface area (Å²) in [5, 5.41) is 11.1. The molecule has 0 aliphatic rings. The molecular weight excluding hydrogens is 164 g/mol. The maximum absolute atomic E-state index is 11.1. The molecule has 0 N–H and O–H groups in total. The molecule has 0 aliphatic carbocycles. The highest BCUT2D eigenvalue weighted by molar-refractivity contribution is 4.46. The van der Waals surface area contributed by atoms with Crippen LogP contribution in [0.3, 0.4) is 0 Å². The Hall–Kier alpha value is -0.0800. The third-order valence-corrected chi connectivity index (χ3v) is 2.05. The molecule has 0 aliphatic heterocycles. The van der Waals surface area contributed by atoms with Crippen molar-refractivity contribution in [2.24, 2.45) is 0 Å². The number of hydrogen-bond donors (Lipinski definition) is 0. The van der Waals surface area contributed by atoms with Crippen molar-refractivity contribution in [2.45, 2.75) is 65.1 Å². The Morgan fingerprint density at radius 3 is 2.31 bits per heavy atom. The zero-order chi connectivity index (χ0) is 9.94. The Labute approximate surface area is 82.3 Å². The van der Waals surface area contributed by atoms with Gasteiger partial charge in [0.15, 0.2) is 6.29 Å². The van der Waals surface area contributed by atoms with Gasteiger partial charge in [-0.15, -0.1) is 0 Å². The molecule has 0 aromatic heterocycles. The molecule has 1 radical (unpaired) electrons. The largest absolute Gasteiger partial charge is 0.350 e. The van der Waals surface area contributed by atoms with Crippen LogP contribution in [0.15, 0.2) is 0 Å². The minimum atomic E-state index is -0.776. The zero-order valence-electron chi connectivity index (χ0n) is 9.05. The summed E-state index contributed by atoms with van der Waals surface area (Å²) in [4.78, 5) is 0. The average Bonchev–Trinajstić information content (AvgIpc) is 2.14. The van der Waals surface area contributed by atoms with E-state index in [4.69, 9.17) is 4.74 Å². The van der Waals surface area contributed by atoms with Crippen molar-refractivity contribution < 1.29 is 9.84 Å². The lowest BCUT2D eigenvalue weighted by molar-refractivity contribution is -0.143. The molecule has 0 heterocycles. The topological polar surface area (TPSA) is 29.1 Å². The van der Waals surface area contributed by atoms with Crippen LogP contribution in [-0.4, -0.2) is 12.9 Å². The smallest absolute Gasteiger partial charge is 0.191 e. The first-order valence-corrected chi connectivity index (χ1v) is 5.58. The lowest BCUT2D eigenvalue weighted by atomic mass is 10.1. The fraction of sp³-hybridized carbons (Fsp3) is 1.00. The molecule has 79 valence electrons. The second kappa shape index (κ2) is 10.0. The van der Waals surface area contributed by atoms with Gasteiger partial charge < -0.3 is 4.74 Å². The molecule has 0 fully saturated rings. The molecule has 0 amide bonds. The molecule has 0 saturated carbocycles. The summed E-state index contributed by atoms with van der Waals surface area (Å²) in [6, 6.07) is 0. The van der Waals surface area contributed by atoms with Crippen LogP contribution in [0.25, 0.3) is 0 Å². The van der Waals surface area contributed by atoms with Crippen molar-refractivity contribution >= 4 is 0 Å². The monoisotopic (exact) mass is 187 g/mol. The summed E-state index contributed by atoms with van der Waals surface area (Å²) in [5.41, 5.74) is 0. The minimum absolute atomic E-state index is 0.614. The van der Waals surface area contributed by atoms with Crippen LogP contribution in [0.5, 0.6) is 0 Å². The Bertz CT molecular complexity index is 94.1. The van der Waals surface area contributed by atoms with Crippen molar-refractivity contribution in [3.63, 3.8) is 0 Å². The van der Waals surface area contributed by atoms with Crippen molar-refractivity contribution in [1.82, 2.24) is 0 Å². The summed E-state index contributed by atoms with van der Waals surface area (Å²) in [7, 11) is 0. The number of ether oxygens (including phenoxy) is 1. The van der Waals surface area contributed by atoms with Gasteiger partial charge >= 0.3 is 0 Å². The van der Waals surface area contributed by atoms with Crippen LogP contribution in [0.1, 0.15) is 58.8 Å². The first-order chi connectivity index (χ1) is 6.31. The molecule has 0 aromatic rings. The minimum Gasteiger partial charge on any atom is -0.350 e. The molecule has 0 bridgehead atoms. The van der Waals surface area contributed by atoms with Crippen LogP contribution in [-0.2, 0) is 9.84 Å². The highest BCUT2D eigenvalue weighted by Gasteiger charge is 2.04. The Morgan fingerprint density at radius 1 is 1.00 bits per heavy atom. The molecule has 0 aromatic carbocycles. The summed E-state index contributed by atoms with van der Waals surface area (Å²) in [6.45, 7) is 4.83. The van der Waals surface area contributed by atoms with E-state index in [0.717, 1.165) is 12.8 Å². The fourth-order valence-corrected chi connectivity index (χ4v) is 1.25. The van der Waals surface area contributed by atoms with Crippen molar-refractivity contribution in [3.05, 3.63) is 0 Å². The van der Waals surface area contributed by atoms with E-state index in [1.54, 1.807) is 0 Å². The first kappa shape index (κ1) is 12.9. The number of rotatable bonds is 9. The quantitative estimate of drug-likeness (QED) is 0.401. The molecular formula is C11H23O2. The fourth-order valence-electron chi connectivity index (χ4n) is 1.25. The lowest BCUT2D eigenvalue weighted by Crippen LogP contribution is -2.10. The van der Waals surface area contributed by atoms with Crippen molar-refractivity contribution in [2.75, 3.05) is 6.61 Å². The molecule has 2 nitrogen and oxygen atoms in total. The van der Waals surface area contributed by atoms with Crippen LogP contribution in [0.2, 0.25) is 0 Å². The van der Waals surface area contributed by atoms with E-state index in [-0.39, 0.29) is 0 Å². The first-order valence-electron chi connectivity index (χ1n) is 5.58. The van der Waals surface area contributed by atoms with Crippen molar-refractivity contribution in [3.8, 4) is 0 Å². The molecule has 0 saturated heterocycles. The lowest BCUT2D eigenvalue weighted by Gasteiger charge is -2.08. The summed E-state index contributed by atoms with van der Waals surface area (Å²) in [5.74, 6) is 0. The molecule has 1 unspecified atom stereocenters. The van der Waals surface area contributed by atoms with E-state index in [2.05, 4.69) is 6.92 Å². The Kier molecular flexibility index (Phi) is 9.94. The van der Waals surface area contributed by atoms with Gasteiger partial charge in [-0.05, 0) is 12.8 Å². The SMILES string of the molecule is CCCCCCCC([O])OCCC. The molecule has 0 rings (SSSR count). The zero-order valence-corrected chi connectivity index (χ0v) is 9.05. The van der Waals surface area contributed by atoms with Gasteiger partial charge in [0.05, 0.1) is 0 Å². The van der Waals surface area contributed by atoms with Gasteiger partial charge in [-0.1, -0.05) is 39.5 Å². The molecule has 13 heavy (non-hydrogen) atoms. The van der Waals surface area contributed by atoms with Gasteiger partial charge in [0.1, 0.15) is 0 Å². The van der Waals surface area contributed by atoms with Gasteiger partial charge in [0, 0.05) is 13.0 Å². The Balaban J connectivity index is 3.03. The van der Waals surface area contributed by atoms with E-state index in [1.807, 2.05) is 6.92 Å². The van der Waals surface area contributed by atoms with E-state index in [9.17, 15) is 5.11 Å². The Morgan fingerprint density at radius 2 is 1.69 bits per heavy atom. The maximum Gasteiger partial charge on any atom is 0.191 e. The standard InChI is InChI=1S/C11H23O2/c1-3-5-6-7-8-9-11(12)13-10-4-2/h11H,3-10H2,1-2H3. The molecule has 2 heteroatoms. The predicted octanol–water partition coefficient (Wildman–Crippen LogP) is 3.53. The van der Waals surface area contributed by atoms with Gasteiger partial charge in [-0.2, -0.15) is 0 Å². The molecule has 0 spiro atoms. The van der Waals surface area contributed by atoms with Crippen LogP contribution >= 0.6 is 0 Å². The second-order valence-corrected chi connectivity index (χ2v) is 3.50. The summed E-state index contributed by atoms with van der Waals surface area (Å²) in [6.07, 6.45) is 6.86. The third kappa shape index (κ3) is 9.84. The predicted molar refractivity (Wildman–Crippen MR) is 54.1 cm³/mol. The second-order valence-electron chi connectivity index (χ2n) is 3.50. The van der Waals surface area contributed by atoms with Gasteiger partial charge in [0.2, 0.25) is 0 Å². The number of hydrogen-bond acceptors (Lipinski definition) is 1. The van der Waals surface area contributed by atoms with Gasteiger partial charge in [-0.25, -0.2) is 5.11 Å². The van der Waals surface area contributed by atoms with Gasteiger partial charge in [0.25, 0.3) is 0 Å². The third-order valence-electron chi connectivity index (χ3n) is 2.05. The summed E-state index contributed by atoms with van der Waals surface area (Å²) < 4.78 is 5.04. The highest BCUT2D eigenvalue weighted by atomic mass is 16.6. The normalized spacial score (nSPS) is 13.2. The number of unbranched alkanes of at least 4 members (excludes halogenated alkanes) is 4. The maximum atomic E-state index is 11.1. The summed E-state index contributed by atoms with van der Waals surface area (Å²) >= 11 is 0. The van der Waals surface area contributed by atoms with Crippen LogP contribution in [0, 0.1) is 0 Å². The van der Waals surface area contributed by atoms with Crippen LogP contribution < -0.4 is 0 Å². The van der Waals surface area contributed by atoms with E-state index < -0.39 is 6.29 Å². The highest BCUT2D eigenvalue weighted by Crippen LogP contribution is 2.08. The molecule has 1 atom stereocenters.